The zero-order valence-electron chi connectivity index (χ0n) is 7.93. The first-order valence-corrected chi connectivity index (χ1v) is 5.21. The normalized spacial score (nSPS) is 9.57. The minimum atomic E-state index is -4.03. The maximum Gasteiger partial charge on any atom is 0.294 e. The Morgan fingerprint density at radius 3 is 2.07 bits per heavy atom. The van der Waals surface area contributed by atoms with Gasteiger partial charge in [-0.15, -0.1) is 0 Å². The van der Waals surface area contributed by atoms with E-state index in [0.717, 1.165) is 0 Å². The highest BCUT2D eigenvalue weighted by Gasteiger charge is 2.10. The molecule has 0 aliphatic rings. The molecule has 0 atom stereocenters. The zero-order chi connectivity index (χ0) is 11.2. The molecule has 1 aromatic carbocycles. The molecule has 0 unspecified atom stereocenters. The van der Waals surface area contributed by atoms with Crippen LogP contribution >= 0.6 is 0 Å². The van der Waals surface area contributed by atoms with Crippen LogP contribution in [0.25, 0.3) is 0 Å². The van der Waals surface area contributed by atoms with Crippen LogP contribution in [0.2, 0.25) is 0 Å². The van der Waals surface area contributed by atoms with Gasteiger partial charge in [-0.3, -0.25) is 4.55 Å². The molecule has 0 saturated heterocycles. The van der Waals surface area contributed by atoms with E-state index in [1.54, 1.807) is 31.2 Å². The van der Waals surface area contributed by atoms with E-state index in [0.29, 0.717) is 5.56 Å². The molecule has 0 bridgehead atoms. The van der Waals surface area contributed by atoms with E-state index in [4.69, 9.17) is 9.81 Å². The topological polar surface area (TPSA) is 78.2 Å². The second kappa shape index (κ2) is 5.37. The third-order valence-corrected chi connectivity index (χ3v) is 2.39. The van der Waals surface area contributed by atoms with Gasteiger partial charge in [0.1, 0.15) is 0 Å². The smallest absolute Gasteiger partial charge is 0.282 e. The van der Waals surface area contributed by atoms with Crippen LogP contribution in [-0.4, -0.2) is 13.0 Å². The van der Waals surface area contributed by atoms with Crippen molar-refractivity contribution in [1.82, 2.24) is 0 Å². The number of aryl methyl sites for hydroxylation is 1. The molecule has 5 heteroatoms. The van der Waals surface area contributed by atoms with Gasteiger partial charge in [0.15, 0.2) is 0 Å². The molecule has 0 amide bonds. The number of hydrogen-bond donors (Lipinski definition) is 1. The van der Waals surface area contributed by atoms with Crippen LogP contribution in [0, 0.1) is 18.3 Å². The third-order valence-electron chi connectivity index (χ3n) is 1.37. The van der Waals surface area contributed by atoms with E-state index in [1.807, 2.05) is 0 Å². The molecule has 0 fully saturated rings. The summed E-state index contributed by atoms with van der Waals surface area (Å²) in [5.41, 5.74) is 0.551. The lowest BCUT2D eigenvalue weighted by Gasteiger charge is -1.99. The molecule has 0 aliphatic heterocycles. The van der Waals surface area contributed by atoms with Crippen molar-refractivity contribution in [3.63, 3.8) is 0 Å². The molecule has 1 aromatic rings. The maximum atomic E-state index is 10.6. The number of rotatable bonds is 1. The zero-order valence-corrected chi connectivity index (χ0v) is 8.75. The van der Waals surface area contributed by atoms with Crippen LogP contribution in [-0.2, 0) is 10.1 Å². The predicted molar refractivity (Wildman–Crippen MR) is 52.3 cm³/mol. The summed E-state index contributed by atoms with van der Waals surface area (Å²) < 4.78 is 29.9. The van der Waals surface area contributed by atoms with Gasteiger partial charge in [-0.1, -0.05) is 18.2 Å². The first-order chi connectivity index (χ1) is 6.43. The second-order valence-electron chi connectivity index (χ2n) is 2.46. The fraction of sp³-hybridized carbons (Fsp3) is 0.222. The van der Waals surface area contributed by atoms with Crippen LogP contribution in [0.5, 0.6) is 0 Å². The van der Waals surface area contributed by atoms with Crippen LogP contribution in [0.15, 0.2) is 29.2 Å². The average molecular weight is 213 g/mol. The molecule has 0 aromatic heterocycles. The lowest BCUT2D eigenvalue weighted by atomic mass is 10.2. The monoisotopic (exact) mass is 213 g/mol. The Morgan fingerprint density at radius 2 is 1.79 bits per heavy atom. The molecule has 4 nitrogen and oxygen atoms in total. The van der Waals surface area contributed by atoms with E-state index in [1.165, 1.54) is 13.0 Å². The van der Waals surface area contributed by atoms with Crippen molar-refractivity contribution in [3.8, 4) is 6.07 Å². The van der Waals surface area contributed by atoms with E-state index in [2.05, 4.69) is 0 Å². The largest absolute Gasteiger partial charge is 0.294 e. The first-order valence-electron chi connectivity index (χ1n) is 3.77. The summed E-state index contributed by atoms with van der Waals surface area (Å²) in [5.74, 6) is 0. The third kappa shape index (κ3) is 4.03. The molecule has 0 radical (unpaired) electrons. The van der Waals surface area contributed by atoms with Gasteiger partial charge in [0, 0.05) is 6.92 Å². The van der Waals surface area contributed by atoms with Gasteiger partial charge >= 0.3 is 0 Å². The average Bonchev–Trinajstić information content (AvgIpc) is 2.04. The summed E-state index contributed by atoms with van der Waals surface area (Å²) in [4.78, 5) is -0.0278. The van der Waals surface area contributed by atoms with Crippen molar-refractivity contribution < 1.29 is 13.0 Å². The number of benzene rings is 1. The van der Waals surface area contributed by atoms with Crippen LogP contribution in [0.4, 0.5) is 0 Å². The van der Waals surface area contributed by atoms with Crippen molar-refractivity contribution >= 4 is 10.1 Å². The molecule has 0 saturated carbocycles. The second-order valence-corrected chi connectivity index (χ2v) is 3.85. The van der Waals surface area contributed by atoms with Crippen LogP contribution in [0.1, 0.15) is 12.5 Å². The molecule has 0 heterocycles. The summed E-state index contributed by atoms with van der Waals surface area (Å²) in [6.07, 6.45) is 0. The van der Waals surface area contributed by atoms with E-state index < -0.39 is 10.1 Å². The minimum absolute atomic E-state index is 0.0278. The Bertz CT molecular complexity index is 432. The molecule has 0 spiro atoms. The highest BCUT2D eigenvalue weighted by Crippen LogP contribution is 2.12. The van der Waals surface area contributed by atoms with Crippen LogP contribution in [0.3, 0.4) is 0 Å². The Hall–Kier alpha value is -1.38. The van der Waals surface area contributed by atoms with Crippen molar-refractivity contribution in [2.75, 3.05) is 0 Å². The molecular weight excluding hydrogens is 202 g/mol. The van der Waals surface area contributed by atoms with Crippen molar-refractivity contribution in [2.24, 2.45) is 0 Å². The highest BCUT2D eigenvalue weighted by atomic mass is 32.2. The first kappa shape index (κ1) is 12.6. The summed E-state index contributed by atoms with van der Waals surface area (Å²) in [6, 6.07) is 8.02. The fourth-order valence-electron chi connectivity index (χ4n) is 0.846. The van der Waals surface area contributed by atoms with Gasteiger partial charge in [-0.05, 0) is 18.6 Å². The molecule has 14 heavy (non-hydrogen) atoms. The van der Waals surface area contributed by atoms with Crippen molar-refractivity contribution in [3.05, 3.63) is 29.8 Å². The van der Waals surface area contributed by atoms with Gasteiger partial charge in [0.2, 0.25) is 0 Å². The minimum Gasteiger partial charge on any atom is -0.282 e. The lowest BCUT2D eigenvalue weighted by Crippen LogP contribution is -1.99. The van der Waals surface area contributed by atoms with Crippen LogP contribution < -0.4 is 0 Å². The Labute approximate surface area is 83.6 Å². The standard InChI is InChI=1S/C7H8O3S.C2H3N/c1-6-4-2-3-5-7(6)11(8,9)10;1-2-3/h2-5H,1H3,(H,8,9,10);1H3. The number of nitrogens with zero attached hydrogens (tertiary/aromatic N) is 1. The fourth-order valence-corrected chi connectivity index (χ4v) is 1.57. The van der Waals surface area contributed by atoms with E-state index in [9.17, 15) is 8.42 Å². The number of hydrogen-bond acceptors (Lipinski definition) is 3. The van der Waals surface area contributed by atoms with Gasteiger partial charge in [0.25, 0.3) is 10.1 Å². The van der Waals surface area contributed by atoms with Gasteiger partial charge < -0.3 is 0 Å². The summed E-state index contributed by atoms with van der Waals surface area (Å²) in [6.45, 7) is 3.06. The summed E-state index contributed by atoms with van der Waals surface area (Å²) >= 11 is 0. The SMILES string of the molecule is CC#N.Cc1ccccc1S(=O)(=O)O. The molecule has 0 aliphatic carbocycles. The predicted octanol–water partition coefficient (Wildman–Crippen LogP) is 1.77. The van der Waals surface area contributed by atoms with Gasteiger partial charge in [-0.25, -0.2) is 0 Å². The van der Waals surface area contributed by atoms with Crippen molar-refractivity contribution in [2.45, 2.75) is 18.7 Å². The van der Waals surface area contributed by atoms with Gasteiger partial charge in [-0.2, -0.15) is 13.7 Å². The highest BCUT2D eigenvalue weighted by molar-refractivity contribution is 7.85. The Balaban J connectivity index is 0.000000500. The Kier molecular flexibility index (Phi) is 4.84. The lowest BCUT2D eigenvalue weighted by molar-refractivity contribution is 0.482. The quantitative estimate of drug-likeness (QED) is 0.721. The van der Waals surface area contributed by atoms with E-state index >= 15 is 0 Å². The molecule has 76 valence electrons. The number of nitriles is 1. The summed E-state index contributed by atoms with van der Waals surface area (Å²) in [5, 5.41) is 7.32. The van der Waals surface area contributed by atoms with Gasteiger partial charge in [0.05, 0.1) is 11.0 Å². The molecule has 1 rings (SSSR count). The van der Waals surface area contributed by atoms with E-state index in [-0.39, 0.29) is 4.90 Å². The molecule has 1 N–H and O–H groups in total. The molecular formula is C9H11NO3S. The Morgan fingerprint density at radius 1 is 1.36 bits per heavy atom. The van der Waals surface area contributed by atoms with Crippen molar-refractivity contribution in [1.29, 1.82) is 5.26 Å². The maximum absolute atomic E-state index is 10.6. The summed E-state index contributed by atoms with van der Waals surface area (Å²) in [7, 11) is -4.03.